The standard InChI is InChI=1S/C13H16N2O2S/c1-3-9(4-2)14-13(16)10-8-11(17-15-10)12-6-5-7-18-12/h5-9H,3-4H2,1-2H3,(H,14,16). The summed E-state index contributed by atoms with van der Waals surface area (Å²) >= 11 is 1.56. The Morgan fingerprint density at radius 2 is 2.28 bits per heavy atom. The molecule has 2 aromatic rings. The molecule has 0 saturated heterocycles. The molecule has 2 heterocycles. The van der Waals surface area contributed by atoms with E-state index in [0.717, 1.165) is 17.7 Å². The number of aromatic nitrogens is 1. The van der Waals surface area contributed by atoms with Crippen molar-refractivity contribution in [3.05, 3.63) is 29.3 Å². The van der Waals surface area contributed by atoms with Crippen molar-refractivity contribution in [1.82, 2.24) is 10.5 Å². The molecule has 0 unspecified atom stereocenters. The van der Waals surface area contributed by atoms with Gasteiger partial charge in [0.1, 0.15) is 0 Å². The number of hydrogen-bond donors (Lipinski definition) is 1. The first-order chi connectivity index (χ1) is 8.74. The Balaban J connectivity index is 2.08. The monoisotopic (exact) mass is 264 g/mol. The van der Waals surface area contributed by atoms with Gasteiger partial charge in [-0.05, 0) is 24.3 Å². The molecule has 1 amide bonds. The molecule has 2 aromatic heterocycles. The predicted octanol–water partition coefficient (Wildman–Crippen LogP) is 3.32. The normalized spacial score (nSPS) is 10.8. The van der Waals surface area contributed by atoms with E-state index in [1.165, 1.54) is 0 Å². The summed E-state index contributed by atoms with van der Waals surface area (Å²) in [5.74, 6) is 0.468. The van der Waals surface area contributed by atoms with Gasteiger partial charge >= 0.3 is 0 Å². The van der Waals surface area contributed by atoms with Crippen molar-refractivity contribution in [1.29, 1.82) is 0 Å². The smallest absolute Gasteiger partial charge is 0.273 e. The number of nitrogens with zero attached hydrogens (tertiary/aromatic N) is 1. The van der Waals surface area contributed by atoms with Gasteiger partial charge in [0.15, 0.2) is 11.5 Å². The van der Waals surface area contributed by atoms with Crippen LogP contribution in [-0.4, -0.2) is 17.1 Å². The van der Waals surface area contributed by atoms with Crippen molar-refractivity contribution in [3.8, 4) is 10.6 Å². The fraction of sp³-hybridized carbons (Fsp3) is 0.385. The molecule has 1 N–H and O–H groups in total. The molecular weight excluding hydrogens is 248 g/mol. The Kier molecular flexibility index (Phi) is 4.15. The van der Waals surface area contributed by atoms with Crippen LogP contribution in [0.2, 0.25) is 0 Å². The first-order valence-electron chi connectivity index (χ1n) is 6.06. The summed E-state index contributed by atoms with van der Waals surface area (Å²) < 4.78 is 5.18. The molecule has 5 heteroatoms. The third kappa shape index (κ3) is 2.79. The molecule has 0 fully saturated rings. The zero-order valence-corrected chi connectivity index (χ0v) is 11.3. The van der Waals surface area contributed by atoms with E-state index >= 15 is 0 Å². The Labute approximate surface area is 110 Å². The van der Waals surface area contributed by atoms with E-state index in [0.29, 0.717) is 11.5 Å². The zero-order chi connectivity index (χ0) is 13.0. The molecule has 2 rings (SSSR count). The molecule has 0 aliphatic heterocycles. The molecule has 96 valence electrons. The molecule has 0 aromatic carbocycles. The van der Waals surface area contributed by atoms with Crippen molar-refractivity contribution in [2.24, 2.45) is 0 Å². The third-order valence-corrected chi connectivity index (χ3v) is 3.71. The van der Waals surface area contributed by atoms with Crippen LogP contribution in [0.15, 0.2) is 28.1 Å². The summed E-state index contributed by atoms with van der Waals surface area (Å²) in [4.78, 5) is 12.9. The molecule has 18 heavy (non-hydrogen) atoms. The van der Waals surface area contributed by atoms with Gasteiger partial charge in [0.05, 0.1) is 4.88 Å². The van der Waals surface area contributed by atoms with Gasteiger partial charge in [-0.1, -0.05) is 25.1 Å². The average molecular weight is 264 g/mol. The molecule has 0 bridgehead atoms. The van der Waals surface area contributed by atoms with Gasteiger partial charge in [0, 0.05) is 12.1 Å². The maximum absolute atomic E-state index is 11.9. The van der Waals surface area contributed by atoms with Crippen molar-refractivity contribution >= 4 is 17.2 Å². The van der Waals surface area contributed by atoms with E-state index in [1.54, 1.807) is 17.4 Å². The number of nitrogens with one attached hydrogen (secondary N) is 1. The lowest BCUT2D eigenvalue weighted by molar-refractivity contribution is 0.0926. The second kappa shape index (κ2) is 5.82. The van der Waals surface area contributed by atoms with Crippen LogP contribution >= 0.6 is 11.3 Å². The van der Waals surface area contributed by atoms with Crippen molar-refractivity contribution in [3.63, 3.8) is 0 Å². The van der Waals surface area contributed by atoms with E-state index in [9.17, 15) is 4.79 Å². The minimum Gasteiger partial charge on any atom is -0.355 e. The number of rotatable bonds is 5. The first-order valence-corrected chi connectivity index (χ1v) is 6.94. The van der Waals surface area contributed by atoms with E-state index in [4.69, 9.17) is 4.52 Å². The topological polar surface area (TPSA) is 55.1 Å². The van der Waals surface area contributed by atoms with E-state index < -0.39 is 0 Å². The maximum atomic E-state index is 11.9. The lowest BCUT2D eigenvalue weighted by Crippen LogP contribution is -2.33. The number of thiophene rings is 1. The molecule has 0 spiro atoms. The largest absolute Gasteiger partial charge is 0.355 e. The number of carbonyl (C=O) groups excluding carboxylic acids is 1. The molecule has 0 radical (unpaired) electrons. The Morgan fingerprint density at radius 3 is 2.89 bits per heavy atom. The van der Waals surface area contributed by atoms with Gasteiger partial charge < -0.3 is 9.84 Å². The first kappa shape index (κ1) is 12.8. The van der Waals surface area contributed by atoms with Gasteiger partial charge in [-0.2, -0.15) is 0 Å². The highest BCUT2D eigenvalue weighted by Gasteiger charge is 2.16. The predicted molar refractivity (Wildman–Crippen MR) is 71.7 cm³/mol. The lowest BCUT2D eigenvalue weighted by atomic mass is 10.1. The van der Waals surface area contributed by atoms with Gasteiger partial charge in [-0.15, -0.1) is 11.3 Å². The van der Waals surface area contributed by atoms with Gasteiger partial charge in [-0.3, -0.25) is 4.79 Å². The average Bonchev–Trinajstić information content (AvgIpc) is 3.04. The summed E-state index contributed by atoms with van der Waals surface area (Å²) in [5, 5.41) is 8.71. The second-order valence-electron chi connectivity index (χ2n) is 4.04. The van der Waals surface area contributed by atoms with Crippen molar-refractivity contribution in [2.75, 3.05) is 0 Å². The lowest BCUT2D eigenvalue weighted by Gasteiger charge is -2.12. The van der Waals surface area contributed by atoms with Gasteiger partial charge in [0.2, 0.25) is 0 Å². The number of carbonyl (C=O) groups is 1. The summed E-state index contributed by atoms with van der Waals surface area (Å²) in [5.41, 5.74) is 0.338. The highest BCUT2D eigenvalue weighted by Crippen LogP contribution is 2.25. The summed E-state index contributed by atoms with van der Waals surface area (Å²) in [6.07, 6.45) is 1.83. The molecule has 4 nitrogen and oxygen atoms in total. The van der Waals surface area contributed by atoms with Crippen molar-refractivity contribution < 1.29 is 9.32 Å². The Morgan fingerprint density at radius 1 is 1.50 bits per heavy atom. The quantitative estimate of drug-likeness (QED) is 0.901. The van der Waals surface area contributed by atoms with Crippen LogP contribution in [0, 0.1) is 0 Å². The van der Waals surface area contributed by atoms with Crippen LogP contribution in [-0.2, 0) is 0 Å². The molecule has 0 aliphatic carbocycles. The highest BCUT2D eigenvalue weighted by molar-refractivity contribution is 7.13. The van der Waals surface area contributed by atoms with E-state index in [2.05, 4.69) is 10.5 Å². The van der Waals surface area contributed by atoms with Crippen LogP contribution < -0.4 is 5.32 Å². The van der Waals surface area contributed by atoms with E-state index in [-0.39, 0.29) is 11.9 Å². The van der Waals surface area contributed by atoms with Gasteiger partial charge in [-0.25, -0.2) is 0 Å². The second-order valence-corrected chi connectivity index (χ2v) is 4.99. The van der Waals surface area contributed by atoms with E-state index in [1.807, 2.05) is 31.4 Å². The summed E-state index contributed by atoms with van der Waals surface area (Å²) in [6.45, 7) is 4.10. The third-order valence-electron chi connectivity index (χ3n) is 2.83. The minimum absolute atomic E-state index is 0.171. The molecule has 0 aliphatic rings. The fourth-order valence-corrected chi connectivity index (χ4v) is 2.34. The zero-order valence-electron chi connectivity index (χ0n) is 10.5. The van der Waals surface area contributed by atoms with Gasteiger partial charge in [0.25, 0.3) is 5.91 Å². The van der Waals surface area contributed by atoms with Crippen LogP contribution in [0.3, 0.4) is 0 Å². The molecule has 0 atom stereocenters. The number of amides is 1. The van der Waals surface area contributed by atoms with Crippen molar-refractivity contribution in [2.45, 2.75) is 32.7 Å². The SMILES string of the molecule is CCC(CC)NC(=O)c1cc(-c2cccs2)on1. The van der Waals surface area contributed by atoms with Crippen LogP contribution in [0.25, 0.3) is 10.6 Å². The highest BCUT2D eigenvalue weighted by atomic mass is 32.1. The Hall–Kier alpha value is -1.62. The maximum Gasteiger partial charge on any atom is 0.273 e. The van der Waals surface area contributed by atoms with Crippen LogP contribution in [0.5, 0.6) is 0 Å². The number of hydrogen-bond acceptors (Lipinski definition) is 4. The Bertz CT molecular complexity index is 501. The fourth-order valence-electron chi connectivity index (χ4n) is 1.67. The summed E-state index contributed by atoms with van der Waals surface area (Å²) in [6, 6.07) is 5.75. The molecular formula is C13H16N2O2S. The molecule has 0 saturated carbocycles. The summed E-state index contributed by atoms with van der Waals surface area (Å²) in [7, 11) is 0. The minimum atomic E-state index is -0.171. The van der Waals surface area contributed by atoms with Crippen LogP contribution in [0.4, 0.5) is 0 Å². The van der Waals surface area contributed by atoms with Crippen LogP contribution in [0.1, 0.15) is 37.2 Å².